The highest BCUT2D eigenvalue weighted by Gasteiger charge is 2.52. The van der Waals surface area contributed by atoms with Crippen LogP contribution in [0.3, 0.4) is 0 Å². The molecule has 1 fully saturated rings. The number of hydrogen-bond donors (Lipinski definition) is 2. The fourth-order valence-electron chi connectivity index (χ4n) is 2.56. The van der Waals surface area contributed by atoms with Crippen LogP contribution in [0.4, 0.5) is 22.4 Å². The van der Waals surface area contributed by atoms with Crippen LogP contribution < -0.4 is 11.1 Å². The molecule has 1 amide bonds. The first kappa shape index (κ1) is 20.3. The predicted molar refractivity (Wildman–Crippen MR) is 91.1 cm³/mol. The molecule has 0 bridgehead atoms. The van der Waals surface area contributed by atoms with Crippen LogP contribution in [-0.4, -0.2) is 39.4 Å². The number of alkyl carbamates (subject to hydrolysis) is 1. The lowest BCUT2D eigenvalue weighted by molar-refractivity contribution is 0.0582. The number of hydrogen-bond acceptors (Lipinski definition) is 5. The number of ether oxygens (including phenoxy) is 1. The number of alkyl halides is 4. The summed E-state index contributed by atoms with van der Waals surface area (Å²) < 4.78 is 57.0. The third-order valence-corrected chi connectivity index (χ3v) is 4.70. The van der Waals surface area contributed by atoms with Crippen LogP contribution in [0.15, 0.2) is 24.5 Å². The van der Waals surface area contributed by atoms with Crippen LogP contribution >= 0.6 is 11.6 Å². The number of carbonyl (C=O) groups is 1. The van der Waals surface area contributed by atoms with Crippen molar-refractivity contribution in [1.29, 1.82) is 0 Å². The maximum Gasteiger partial charge on any atom is 0.407 e. The van der Waals surface area contributed by atoms with Crippen molar-refractivity contribution in [1.82, 2.24) is 20.1 Å². The number of nitrogens with zero attached hydrogens (tertiary/aromatic N) is 3. The van der Waals surface area contributed by atoms with Crippen molar-refractivity contribution in [3.8, 4) is 11.4 Å². The molecular weight excluding hydrogens is 406 g/mol. The van der Waals surface area contributed by atoms with Crippen molar-refractivity contribution in [3.05, 3.63) is 35.1 Å². The van der Waals surface area contributed by atoms with Gasteiger partial charge in [0.1, 0.15) is 18.5 Å². The van der Waals surface area contributed by atoms with E-state index in [9.17, 15) is 22.4 Å². The molecule has 2 aromatic rings. The van der Waals surface area contributed by atoms with Gasteiger partial charge in [-0.3, -0.25) is 0 Å². The molecule has 1 atom stereocenters. The number of halogens is 5. The zero-order valence-electron chi connectivity index (χ0n) is 14.3. The van der Waals surface area contributed by atoms with Gasteiger partial charge in [0, 0.05) is 5.56 Å². The summed E-state index contributed by atoms with van der Waals surface area (Å²) in [6, 6.07) is 3.56. The Morgan fingerprint density at radius 1 is 1.36 bits per heavy atom. The molecule has 12 heteroatoms. The lowest BCUT2D eigenvalue weighted by Crippen LogP contribution is -2.43. The first-order valence-electron chi connectivity index (χ1n) is 8.19. The van der Waals surface area contributed by atoms with Gasteiger partial charge in [-0.25, -0.2) is 18.6 Å². The average molecular weight is 422 g/mol. The summed E-state index contributed by atoms with van der Waals surface area (Å²) >= 11 is 6.07. The Morgan fingerprint density at radius 3 is 2.68 bits per heavy atom. The average Bonchev–Trinajstić information content (AvgIpc) is 3.26. The smallest absolute Gasteiger partial charge is 0.407 e. The maximum absolute atomic E-state index is 13.0. The molecule has 0 saturated heterocycles. The fraction of sp³-hybridized carbons (Fsp3) is 0.438. The molecule has 1 saturated carbocycles. The standard InChI is InChI=1S/C16H16ClF4N5O2/c17-10-2-1-8(5-9(10)12-23-7-24-26(12)14(20)21)11(22)6-28-15(27)25-16(3-4-16)13(18)19/h1-2,5,7,11,13-14H,3-4,6,22H2,(H,25,27)/t11-/m1/s1. The van der Waals surface area contributed by atoms with E-state index in [1.807, 2.05) is 0 Å². The molecule has 3 N–H and O–H groups in total. The van der Waals surface area contributed by atoms with Gasteiger partial charge in [0.25, 0.3) is 6.43 Å². The van der Waals surface area contributed by atoms with Gasteiger partial charge < -0.3 is 15.8 Å². The molecule has 28 heavy (non-hydrogen) atoms. The lowest BCUT2D eigenvalue weighted by Gasteiger charge is -2.18. The van der Waals surface area contributed by atoms with Crippen LogP contribution in [0.25, 0.3) is 11.4 Å². The normalized spacial score (nSPS) is 16.3. The Bertz CT molecular complexity index is 859. The summed E-state index contributed by atoms with van der Waals surface area (Å²) in [5, 5.41) is 5.74. The van der Waals surface area contributed by atoms with E-state index in [0.29, 0.717) is 10.2 Å². The van der Waals surface area contributed by atoms with Crippen LogP contribution in [0, 0.1) is 0 Å². The highest BCUT2D eigenvalue weighted by Crippen LogP contribution is 2.41. The van der Waals surface area contributed by atoms with E-state index in [1.165, 1.54) is 18.2 Å². The number of rotatable bonds is 7. The van der Waals surface area contributed by atoms with E-state index in [-0.39, 0.29) is 35.9 Å². The van der Waals surface area contributed by atoms with Gasteiger partial charge >= 0.3 is 12.6 Å². The molecule has 0 unspecified atom stereocenters. The van der Waals surface area contributed by atoms with Gasteiger partial charge in [-0.2, -0.15) is 18.6 Å². The van der Waals surface area contributed by atoms with Gasteiger partial charge in [-0.1, -0.05) is 17.7 Å². The third kappa shape index (κ3) is 4.20. The predicted octanol–water partition coefficient (Wildman–Crippen LogP) is 3.52. The SMILES string of the molecule is N[C@H](COC(=O)NC1(C(F)F)CC1)c1ccc(Cl)c(-c2ncnn2C(F)F)c1. The molecule has 7 nitrogen and oxygen atoms in total. The number of nitrogens with two attached hydrogens (primary N) is 1. The molecule has 152 valence electrons. The Hall–Kier alpha value is -2.40. The summed E-state index contributed by atoms with van der Waals surface area (Å²) in [5.41, 5.74) is 5.04. The van der Waals surface area contributed by atoms with Gasteiger partial charge in [-0.05, 0) is 30.5 Å². The van der Waals surface area contributed by atoms with Gasteiger partial charge in [0.15, 0.2) is 5.82 Å². The number of nitrogens with one attached hydrogen (secondary N) is 1. The second-order valence-electron chi connectivity index (χ2n) is 6.33. The largest absolute Gasteiger partial charge is 0.448 e. The van der Waals surface area contributed by atoms with E-state index >= 15 is 0 Å². The second-order valence-corrected chi connectivity index (χ2v) is 6.74. The first-order valence-corrected chi connectivity index (χ1v) is 8.57. The second kappa shape index (κ2) is 7.92. The minimum Gasteiger partial charge on any atom is -0.448 e. The van der Waals surface area contributed by atoms with Crippen molar-refractivity contribution in [3.63, 3.8) is 0 Å². The van der Waals surface area contributed by atoms with E-state index in [0.717, 1.165) is 6.33 Å². The summed E-state index contributed by atoms with van der Waals surface area (Å²) in [5.74, 6) is -0.152. The van der Waals surface area contributed by atoms with E-state index < -0.39 is 30.6 Å². The van der Waals surface area contributed by atoms with Crippen molar-refractivity contribution >= 4 is 17.7 Å². The Balaban J connectivity index is 1.68. The fourth-order valence-corrected chi connectivity index (χ4v) is 2.77. The Labute approximate surface area is 161 Å². The lowest BCUT2D eigenvalue weighted by atomic mass is 10.0. The first-order chi connectivity index (χ1) is 13.2. The summed E-state index contributed by atoms with van der Waals surface area (Å²) in [7, 11) is 0. The maximum atomic E-state index is 13.0. The van der Waals surface area contributed by atoms with Gasteiger partial charge in [0.2, 0.25) is 0 Å². The molecule has 1 aromatic heterocycles. The molecule has 0 aliphatic heterocycles. The third-order valence-electron chi connectivity index (χ3n) is 4.37. The minimum absolute atomic E-state index is 0.150. The quantitative estimate of drug-likeness (QED) is 0.667. The topological polar surface area (TPSA) is 95.1 Å². The van der Waals surface area contributed by atoms with Gasteiger partial charge in [-0.15, -0.1) is 0 Å². The Kier molecular flexibility index (Phi) is 5.75. The van der Waals surface area contributed by atoms with Crippen molar-refractivity contribution in [2.45, 2.75) is 37.4 Å². The molecule has 1 aliphatic rings. The van der Waals surface area contributed by atoms with Crippen LogP contribution in [0.2, 0.25) is 5.02 Å². The molecular formula is C16H16ClF4N5O2. The zero-order valence-corrected chi connectivity index (χ0v) is 15.0. The molecule has 0 radical (unpaired) electrons. The highest BCUT2D eigenvalue weighted by molar-refractivity contribution is 6.33. The molecule has 3 rings (SSSR count). The molecule has 0 spiro atoms. The number of aromatic nitrogens is 3. The highest BCUT2D eigenvalue weighted by atomic mass is 35.5. The van der Waals surface area contributed by atoms with Crippen molar-refractivity contribution in [2.75, 3.05) is 6.61 Å². The van der Waals surface area contributed by atoms with Gasteiger partial charge in [0.05, 0.1) is 11.1 Å². The molecule has 1 aliphatic carbocycles. The van der Waals surface area contributed by atoms with E-state index in [1.54, 1.807) is 0 Å². The molecule has 1 heterocycles. The van der Waals surface area contributed by atoms with Crippen LogP contribution in [0.1, 0.15) is 31.0 Å². The Morgan fingerprint density at radius 2 is 2.07 bits per heavy atom. The summed E-state index contributed by atoms with van der Waals surface area (Å²) in [4.78, 5) is 15.5. The molecule has 1 aromatic carbocycles. The summed E-state index contributed by atoms with van der Waals surface area (Å²) in [6.07, 6.45) is -2.36. The van der Waals surface area contributed by atoms with E-state index in [4.69, 9.17) is 22.1 Å². The number of benzene rings is 1. The number of carbonyl (C=O) groups excluding carboxylic acids is 1. The zero-order chi connectivity index (χ0) is 20.5. The summed E-state index contributed by atoms with van der Waals surface area (Å²) in [6.45, 7) is -3.23. The van der Waals surface area contributed by atoms with Crippen molar-refractivity contribution < 1.29 is 27.1 Å². The van der Waals surface area contributed by atoms with Crippen LogP contribution in [0.5, 0.6) is 0 Å². The van der Waals surface area contributed by atoms with E-state index in [2.05, 4.69) is 15.4 Å². The van der Waals surface area contributed by atoms with Crippen LogP contribution in [-0.2, 0) is 4.74 Å². The van der Waals surface area contributed by atoms with Crippen molar-refractivity contribution in [2.24, 2.45) is 5.73 Å². The minimum atomic E-state index is -2.91. The number of amides is 1. The monoisotopic (exact) mass is 421 g/mol.